The molecule has 0 atom stereocenters. The molecule has 1 amide bonds. The normalized spacial score (nSPS) is 16.4. The highest BCUT2D eigenvalue weighted by molar-refractivity contribution is 5.73. The summed E-state index contributed by atoms with van der Waals surface area (Å²) in [5.74, 6) is -1.79. The summed E-state index contributed by atoms with van der Waals surface area (Å²) >= 11 is 0. The maximum absolute atomic E-state index is 14.3. The van der Waals surface area contributed by atoms with Crippen LogP contribution in [0, 0.1) is 15.9 Å². The number of carbonyl (C=O) groups excluding carboxylic acids is 1. The molecule has 1 aliphatic heterocycles. The molecule has 1 aromatic carbocycles. The van der Waals surface area contributed by atoms with Gasteiger partial charge in [0, 0.05) is 19.2 Å². The molecule has 10 heteroatoms. The minimum absolute atomic E-state index is 0.201. The topological polar surface area (TPSA) is 122 Å². The van der Waals surface area contributed by atoms with E-state index in [0.717, 1.165) is 6.07 Å². The molecular formula is C18H24FN3O6. The van der Waals surface area contributed by atoms with Gasteiger partial charge in [0.2, 0.25) is 0 Å². The van der Waals surface area contributed by atoms with Crippen molar-refractivity contribution < 1.29 is 28.7 Å². The van der Waals surface area contributed by atoms with Crippen molar-refractivity contribution in [1.82, 2.24) is 5.32 Å². The number of carboxylic acid groups (broad SMARTS) is 1. The van der Waals surface area contributed by atoms with E-state index >= 15 is 0 Å². The van der Waals surface area contributed by atoms with Crippen LogP contribution in [0.25, 0.3) is 0 Å². The molecule has 2 rings (SSSR count). The quantitative estimate of drug-likeness (QED) is 0.578. The van der Waals surface area contributed by atoms with Gasteiger partial charge in [-0.3, -0.25) is 14.9 Å². The third-order valence-corrected chi connectivity index (χ3v) is 4.46. The number of anilines is 1. The van der Waals surface area contributed by atoms with E-state index in [4.69, 9.17) is 4.74 Å². The molecule has 0 aliphatic carbocycles. The van der Waals surface area contributed by atoms with Crippen LogP contribution in [-0.4, -0.2) is 46.3 Å². The van der Waals surface area contributed by atoms with Crippen LogP contribution in [0.4, 0.5) is 20.6 Å². The Morgan fingerprint density at radius 1 is 1.36 bits per heavy atom. The Morgan fingerprint density at radius 2 is 1.96 bits per heavy atom. The fourth-order valence-electron chi connectivity index (χ4n) is 3.20. The number of benzene rings is 1. The molecule has 0 radical (unpaired) electrons. The fourth-order valence-corrected chi connectivity index (χ4v) is 3.20. The molecule has 0 aromatic heterocycles. The fraction of sp³-hybridized carbons (Fsp3) is 0.556. The van der Waals surface area contributed by atoms with E-state index in [1.165, 1.54) is 12.1 Å². The minimum atomic E-state index is -1.06. The van der Waals surface area contributed by atoms with E-state index in [-0.39, 0.29) is 43.7 Å². The highest BCUT2D eigenvalue weighted by Gasteiger charge is 2.39. The molecule has 2 N–H and O–H groups in total. The summed E-state index contributed by atoms with van der Waals surface area (Å²) in [6.07, 6.45) is -0.476. The lowest BCUT2D eigenvalue weighted by Gasteiger charge is -2.42. The summed E-state index contributed by atoms with van der Waals surface area (Å²) in [5.41, 5.74) is -1.88. The van der Waals surface area contributed by atoms with E-state index in [1.54, 1.807) is 25.7 Å². The standard InChI is InChI=1S/C18H24FN3O6/c1-17(2,3)28-16(25)20-18(11-15(23)24)6-8-21(9-7-18)14-5-4-12(22(26)27)10-13(14)19/h4-5,10H,6-9,11H2,1-3H3,(H,20,25)(H,23,24). The van der Waals surface area contributed by atoms with Gasteiger partial charge < -0.3 is 20.1 Å². The molecule has 1 aliphatic rings. The number of amides is 1. The number of piperidine rings is 1. The molecule has 0 bridgehead atoms. The van der Waals surface area contributed by atoms with Crippen LogP contribution in [-0.2, 0) is 9.53 Å². The van der Waals surface area contributed by atoms with Crippen LogP contribution >= 0.6 is 0 Å². The lowest BCUT2D eigenvalue weighted by molar-refractivity contribution is -0.385. The number of carbonyl (C=O) groups is 2. The molecule has 0 spiro atoms. The SMILES string of the molecule is CC(C)(C)OC(=O)NC1(CC(=O)O)CCN(c2ccc([N+](=O)[O-])cc2F)CC1. The maximum atomic E-state index is 14.3. The molecule has 1 saturated heterocycles. The van der Waals surface area contributed by atoms with Crippen molar-refractivity contribution in [2.24, 2.45) is 0 Å². The van der Waals surface area contributed by atoms with Gasteiger partial charge in [0.05, 0.1) is 28.6 Å². The number of hydrogen-bond acceptors (Lipinski definition) is 6. The van der Waals surface area contributed by atoms with Gasteiger partial charge in [-0.05, 0) is 39.7 Å². The van der Waals surface area contributed by atoms with E-state index in [1.807, 2.05) is 0 Å². The summed E-state index contributed by atoms with van der Waals surface area (Å²) in [6.45, 7) is 5.67. The lowest BCUT2D eigenvalue weighted by atomic mass is 9.84. The Balaban J connectivity index is 2.13. The van der Waals surface area contributed by atoms with Crippen molar-refractivity contribution in [3.8, 4) is 0 Å². The lowest BCUT2D eigenvalue weighted by Crippen LogP contribution is -2.57. The molecule has 28 heavy (non-hydrogen) atoms. The number of carboxylic acids is 1. The first-order valence-corrected chi connectivity index (χ1v) is 8.83. The number of nitrogens with zero attached hydrogens (tertiary/aromatic N) is 2. The van der Waals surface area contributed by atoms with E-state index in [0.29, 0.717) is 0 Å². The minimum Gasteiger partial charge on any atom is -0.481 e. The first kappa shape index (κ1) is 21.4. The Bertz CT molecular complexity index is 769. The Hall–Kier alpha value is -2.91. The maximum Gasteiger partial charge on any atom is 0.408 e. The van der Waals surface area contributed by atoms with Crippen LogP contribution in [0.15, 0.2) is 18.2 Å². The molecule has 0 saturated carbocycles. The van der Waals surface area contributed by atoms with Gasteiger partial charge in [0.15, 0.2) is 5.82 Å². The van der Waals surface area contributed by atoms with Gasteiger partial charge in [-0.2, -0.15) is 0 Å². The zero-order valence-electron chi connectivity index (χ0n) is 16.0. The van der Waals surface area contributed by atoms with Crippen molar-refractivity contribution in [2.45, 2.75) is 51.2 Å². The molecule has 154 valence electrons. The monoisotopic (exact) mass is 397 g/mol. The second-order valence-corrected chi connectivity index (χ2v) is 7.86. The summed E-state index contributed by atoms with van der Waals surface area (Å²) in [4.78, 5) is 35.2. The van der Waals surface area contributed by atoms with E-state index < -0.39 is 33.9 Å². The Kier molecular flexibility index (Phi) is 6.10. The van der Waals surface area contributed by atoms with Crippen LogP contribution in [0.3, 0.4) is 0 Å². The highest BCUT2D eigenvalue weighted by Crippen LogP contribution is 2.32. The first-order valence-electron chi connectivity index (χ1n) is 8.83. The number of hydrogen-bond donors (Lipinski definition) is 2. The highest BCUT2D eigenvalue weighted by atomic mass is 19.1. The van der Waals surface area contributed by atoms with Gasteiger partial charge in [0.25, 0.3) is 5.69 Å². The molecule has 1 aromatic rings. The number of nitrogens with one attached hydrogen (secondary N) is 1. The number of aliphatic carboxylic acids is 1. The number of nitro groups is 1. The third kappa shape index (κ3) is 5.54. The average molecular weight is 397 g/mol. The Labute approximate surface area is 161 Å². The van der Waals surface area contributed by atoms with Gasteiger partial charge in [-0.1, -0.05) is 0 Å². The van der Waals surface area contributed by atoms with Crippen LogP contribution in [0.5, 0.6) is 0 Å². The van der Waals surface area contributed by atoms with Crippen molar-refractivity contribution >= 4 is 23.4 Å². The molecule has 1 fully saturated rings. The van der Waals surface area contributed by atoms with Gasteiger partial charge >= 0.3 is 12.1 Å². The van der Waals surface area contributed by atoms with Crippen LogP contribution < -0.4 is 10.2 Å². The van der Waals surface area contributed by atoms with Crippen molar-refractivity contribution in [1.29, 1.82) is 0 Å². The second kappa shape index (κ2) is 7.99. The number of non-ortho nitro benzene ring substituents is 1. The number of rotatable bonds is 5. The number of alkyl carbamates (subject to hydrolysis) is 1. The van der Waals surface area contributed by atoms with Gasteiger partial charge in [0.1, 0.15) is 5.60 Å². The second-order valence-electron chi connectivity index (χ2n) is 7.86. The summed E-state index contributed by atoms with van der Waals surface area (Å²) in [7, 11) is 0. The Morgan fingerprint density at radius 3 is 2.43 bits per heavy atom. The summed E-state index contributed by atoms with van der Waals surface area (Å²) < 4.78 is 19.5. The smallest absolute Gasteiger partial charge is 0.408 e. The van der Waals surface area contributed by atoms with E-state index in [2.05, 4.69) is 5.32 Å². The zero-order valence-corrected chi connectivity index (χ0v) is 16.0. The van der Waals surface area contributed by atoms with Crippen LogP contribution in [0.2, 0.25) is 0 Å². The third-order valence-electron chi connectivity index (χ3n) is 4.46. The zero-order chi connectivity index (χ0) is 21.1. The molecule has 0 unspecified atom stereocenters. The largest absolute Gasteiger partial charge is 0.481 e. The van der Waals surface area contributed by atoms with Crippen molar-refractivity contribution in [2.75, 3.05) is 18.0 Å². The predicted octanol–water partition coefficient (Wildman–Crippen LogP) is 3.07. The van der Waals surface area contributed by atoms with Crippen molar-refractivity contribution in [3.63, 3.8) is 0 Å². The first-order chi connectivity index (χ1) is 12.9. The predicted molar refractivity (Wildman–Crippen MR) is 98.9 cm³/mol. The van der Waals surface area contributed by atoms with Gasteiger partial charge in [-0.25, -0.2) is 9.18 Å². The number of nitro benzene ring substituents is 1. The molecular weight excluding hydrogens is 373 g/mol. The average Bonchev–Trinajstić information content (AvgIpc) is 2.53. The van der Waals surface area contributed by atoms with E-state index in [9.17, 15) is 29.2 Å². The van der Waals surface area contributed by atoms with Crippen LogP contribution in [0.1, 0.15) is 40.0 Å². The van der Waals surface area contributed by atoms with Gasteiger partial charge in [-0.15, -0.1) is 0 Å². The molecule has 9 nitrogen and oxygen atoms in total. The number of ether oxygens (including phenoxy) is 1. The summed E-state index contributed by atoms with van der Waals surface area (Å²) in [6, 6.07) is 3.41. The number of halogens is 1. The summed E-state index contributed by atoms with van der Waals surface area (Å²) in [5, 5.41) is 22.7. The molecule has 1 heterocycles. The van der Waals surface area contributed by atoms with Crippen molar-refractivity contribution in [3.05, 3.63) is 34.1 Å².